The van der Waals surface area contributed by atoms with E-state index in [1.807, 2.05) is 0 Å². The predicted molar refractivity (Wildman–Crippen MR) is 97.0 cm³/mol. The van der Waals surface area contributed by atoms with E-state index in [2.05, 4.69) is 49.4 Å². The highest BCUT2D eigenvalue weighted by atomic mass is 127. The smallest absolute Gasteiger partial charge is 0.191 e. The topological polar surface area (TPSA) is 45.7 Å². The van der Waals surface area contributed by atoms with Gasteiger partial charge >= 0.3 is 0 Å². The third-order valence-electron chi connectivity index (χ3n) is 3.47. The van der Waals surface area contributed by atoms with Crippen molar-refractivity contribution in [3.05, 3.63) is 11.6 Å². The first-order valence-corrected chi connectivity index (χ1v) is 7.44. The lowest BCUT2D eigenvalue weighted by Crippen LogP contribution is -2.44. The molecule has 0 fully saturated rings. The molecule has 4 nitrogen and oxygen atoms in total. The van der Waals surface area contributed by atoms with Crippen molar-refractivity contribution in [1.29, 1.82) is 0 Å². The Morgan fingerprint density at radius 2 is 2.15 bits per heavy atom. The Labute approximate surface area is 140 Å². The molecule has 0 aliphatic carbocycles. The molecule has 0 aromatic carbocycles. The van der Waals surface area contributed by atoms with Crippen molar-refractivity contribution in [1.82, 2.24) is 10.6 Å². The number of rotatable bonds is 6. The summed E-state index contributed by atoms with van der Waals surface area (Å²) in [6.07, 6.45) is 4.29. The van der Waals surface area contributed by atoms with E-state index in [9.17, 15) is 0 Å². The molecule has 1 aliphatic rings. The Bertz CT molecular complexity index is 316. The summed E-state index contributed by atoms with van der Waals surface area (Å²) >= 11 is 0. The zero-order chi connectivity index (χ0) is 14.1. The molecule has 1 unspecified atom stereocenters. The molecule has 2 N–H and O–H groups in total. The standard InChI is InChI=1S/C15H29N3O.HI/c1-5-16-15(18-13(4)12(2)3)17-9-6-14-7-10-19-11-8-14;/h7,12-13H,5-6,8-11H2,1-4H3,(H2,16,17,18);1H. The molecule has 0 aromatic rings. The second-order valence-corrected chi connectivity index (χ2v) is 5.37. The lowest BCUT2D eigenvalue weighted by Gasteiger charge is -2.21. The summed E-state index contributed by atoms with van der Waals surface area (Å²) in [4.78, 5) is 4.64. The minimum absolute atomic E-state index is 0. The van der Waals surface area contributed by atoms with E-state index in [0.717, 1.165) is 45.1 Å². The van der Waals surface area contributed by atoms with Crippen molar-refractivity contribution in [2.24, 2.45) is 10.9 Å². The molecule has 1 atom stereocenters. The van der Waals surface area contributed by atoms with Crippen LogP contribution in [0.3, 0.4) is 0 Å². The lowest BCUT2D eigenvalue weighted by atomic mass is 10.1. The summed E-state index contributed by atoms with van der Waals surface area (Å²) in [7, 11) is 0. The fourth-order valence-corrected chi connectivity index (χ4v) is 1.81. The van der Waals surface area contributed by atoms with Crippen molar-refractivity contribution < 1.29 is 4.74 Å². The second-order valence-electron chi connectivity index (χ2n) is 5.37. The van der Waals surface area contributed by atoms with Crippen LogP contribution in [-0.4, -0.2) is 38.3 Å². The first-order chi connectivity index (χ1) is 9.13. The first kappa shape index (κ1) is 19.7. The summed E-state index contributed by atoms with van der Waals surface area (Å²) < 4.78 is 5.31. The van der Waals surface area contributed by atoms with Gasteiger partial charge in [-0.25, -0.2) is 0 Å². The number of guanidine groups is 1. The van der Waals surface area contributed by atoms with E-state index >= 15 is 0 Å². The van der Waals surface area contributed by atoms with Crippen LogP contribution in [0.1, 0.15) is 40.5 Å². The van der Waals surface area contributed by atoms with Crippen LogP contribution in [0.2, 0.25) is 0 Å². The van der Waals surface area contributed by atoms with Crippen molar-refractivity contribution in [3.63, 3.8) is 0 Å². The fraction of sp³-hybridized carbons (Fsp3) is 0.800. The predicted octanol–water partition coefficient (Wildman–Crippen LogP) is 2.94. The molecule has 1 aliphatic heterocycles. The second kappa shape index (κ2) is 11.4. The Kier molecular flexibility index (Phi) is 11.2. The van der Waals surface area contributed by atoms with E-state index in [1.165, 1.54) is 5.57 Å². The van der Waals surface area contributed by atoms with Crippen LogP contribution in [0, 0.1) is 5.92 Å². The van der Waals surface area contributed by atoms with Gasteiger partial charge in [0.1, 0.15) is 0 Å². The van der Waals surface area contributed by atoms with E-state index in [1.54, 1.807) is 0 Å². The number of hydrogen-bond donors (Lipinski definition) is 2. The van der Waals surface area contributed by atoms with Crippen LogP contribution in [-0.2, 0) is 4.74 Å². The van der Waals surface area contributed by atoms with Gasteiger partial charge in [0.25, 0.3) is 0 Å². The Morgan fingerprint density at radius 3 is 2.70 bits per heavy atom. The van der Waals surface area contributed by atoms with Gasteiger partial charge in [-0.2, -0.15) is 0 Å². The molecule has 5 heteroatoms. The number of ether oxygens (including phenoxy) is 1. The zero-order valence-electron chi connectivity index (χ0n) is 13.2. The maximum atomic E-state index is 5.31. The number of nitrogens with zero attached hydrogens (tertiary/aromatic N) is 1. The third-order valence-corrected chi connectivity index (χ3v) is 3.47. The molecule has 0 saturated heterocycles. The normalized spacial score (nSPS) is 17.2. The van der Waals surface area contributed by atoms with Crippen LogP contribution in [0.15, 0.2) is 16.6 Å². The van der Waals surface area contributed by atoms with E-state index in [0.29, 0.717) is 12.0 Å². The third kappa shape index (κ3) is 8.09. The van der Waals surface area contributed by atoms with Crippen molar-refractivity contribution >= 4 is 29.9 Å². The van der Waals surface area contributed by atoms with Crippen molar-refractivity contribution in [2.75, 3.05) is 26.3 Å². The average Bonchev–Trinajstić information content (AvgIpc) is 2.40. The van der Waals surface area contributed by atoms with Crippen LogP contribution < -0.4 is 10.6 Å². The largest absolute Gasteiger partial charge is 0.377 e. The Balaban J connectivity index is 0.00000361. The van der Waals surface area contributed by atoms with Crippen molar-refractivity contribution in [2.45, 2.75) is 46.6 Å². The highest BCUT2D eigenvalue weighted by Crippen LogP contribution is 2.11. The molecule has 0 radical (unpaired) electrons. The summed E-state index contributed by atoms with van der Waals surface area (Å²) in [6.45, 7) is 12.1. The number of halogens is 1. The first-order valence-electron chi connectivity index (χ1n) is 7.44. The highest BCUT2D eigenvalue weighted by Gasteiger charge is 2.09. The van der Waals surface area contributed by atoms with E-state index in [-0.39, 0.29) is 24.0 Å². The molecule has 0 amide bonds. The van der Waals surface area contributed by atoms with E-state index in [4.69, 9.17) is 4.74 Å². The molecule has 0 bridgehead atoms. The fourth-order valence-electron chi connectivity index (χ4n) is 1.81. The van der Waals surface area contributed by atoms with Crippen molar-refractivity contribution in [3.8, 4) is 0 Å². The van der Waals surface area contributed by atoms with Crippen LogP contribution in [0.25, 0.3) is 0 Å². The monoisotopic (exact) mass is 395 g/mol. The van der Waals surface area contributed by atoms with Crippen LogP contribution >= 0.6 is 24.0 Å². The average molecular weight is 395 g/mol. The van der Waals surface area contributed by atoms with Gasteiger partial charge in [-0.15, -0.1) is 24.0 Å². The molecule has 1 heterocycles. The molecule has 118 valence electrons. The molecule has 0 spiro atoms. The molecular formula is C15H30IN3O. The summed E-state index contributed by atoms with van der Waals surface area (Å²) in [5.74, 6) is 1.53. The van der Waals surface area contributed by atoms with Gasteiger partial charge in [0.05, 0.1) is 13.2 Å². The number of nitrogens with one attached hydrogen (secondary N) is 2. The van der Waals surface area contributed by atoms with Crippen LogP contribution in [0.5, 0.6) is 0 Å². The number of aliphatic imine (C=N–C) groups is 1. The highest BCUT2D eigenvalue weighted by molar-refractivity contribution is 14.0. The molecule has 20 heavy (non-hydrogen) atoms. The molecule has 0 saturated carbocycles. The number of hydrogen-bond acceptors (Lipinski definition) is 2. The zero-order valence-corrected chi connectivity index (χ0v) is 15.6. The summed E-state index contributed by atoms with van der Waals surface area (Å²) in [6, 6.07) is 0.431. The lowest BCUT2D eigenvalue weighted by molar-refractivity contribution is 0.153. The van der Waals surface area contributed by atoms with Gasteiger partial charge in [-0.1, -0.05) is 25.5 Å². The van der Waals surface area contributed by atoms with Gasteiger partial charge in [0.15, 0.2) is 5.96 Å². The van der Waals surface area contributed by atoms with E-state index < -0.39 is 0 Å². The maximum Gasteiger partial charge on any atom is 0.191 e. The van der Waals surface area contributed by atoms with Crippen LogP contribution in [0.4, 0.5) is 0 Å². The van der Waals surface area contributed by atoms with Gasteiger partial charge in [-0.05, 0) is 32.6 Å². The summed E-state index contributed by atoms with van der Waals surface area (Å²) in [5, 5.41) is 6.75. The Hall–Kier alpha value is -0.300. The van der Waals surface area contributed by atoms with Gasteiger partial charge in [0.2, 0.25) is 0 Å². The Morgan fingerprint density at radius 1 is 1.40 bits per heavy atom. The van der Waals surface area contributed by atoms with Gasteiger partial charge in [-0.3, -0.25) is 4.99 Å². The quantitative estimate of drug-likeness (QED) is 0.315. The molecule has 1 rings (SSSR count). The molecular weight excluding hydrogens is 365 g/mol. The minimum atomic E-state index is 0. The maximum absolute atomic E-state index is 5.31. The van der Waals surface area contributed by atoms with Gasteiger partial charge in [0, 0.05) is 19.1 Å². The minimum Gasteiger partial charge on any atom is -0.377 e. The van der Waals surface area contributed by atoms with Gasteiger partial charge < -0.3 is 15.4 Å². The summed E-state index contributed by atoms with van der Waals surface area (Å²) in [5.41, 5.74) is 1.47. The SMILES string of the molecule is CCNC(=NCCC1=CCOCC1)NC(C)C(C)C.I. The molecule has 0 aromatic heterocycles.